The molecule has 1 unspecified atom stereocenters. The molecule has 2 N–H and O–H groups in total. The van der Waals surface area contributed by atoms with E-state index < -0.39 is 0 Å². The highest BCUT2D eigenvalue weighted by Gasteiger charge is 2.28. The Labute approximate surface area is 125 Å². The van der Waals surface area contributed by atoms with E-state index in [2.05, 4.69) is 49.4 Å². The number of amides is 1. The molecule has 0 fully saturated rings. The van der Waals surface area contributed by atoms with Crippen molar-refractivity contribution in [3.05, 3.63) is 53.6 Å². The molecule has 0 radical (unpaired) electrons. The van der Waals surface area contributed by atoms with E-state index in [4.69, 9.17) is 5.73 Å². The molecular weight excluding hydrogens is 260 g/mol. The zero-order valence-corrected chi connectivity index (χ0v) is 12.5. The van der Waals surface area contributed by atoms with Gasteiger partial charge in [-0.25, -0.2) is 0 Å². The molecule has 3 heteroatoms. The van der Waals surface area contributed by atoms with Gasteiger partial charge in [0.05, 0.1) is 0 Å². The third-order valence-electron chi connectivity index (χ3n) is 4.16. The number of carbonyl (C=O) groups is 1. The second kappa shape index (κ2) is 5.34. The van der Waals surface area contributed by atoms with Crippen molar-refractivity contribution in [2.75, 3.05) is 4.90 Å². The zero-order valence-electron chi connectivity index (χ0n) is 12.5. The minimum atomic E-state index is 0.112. The summed E-state index contributed by atoms with van der Waals surface area (Å²) in [5, 5.41) is 0. The summed E-state index contributed by atoms with van der Waals surface area (Å²) in [7, 11) is 0. The van der Waals surface area contributed by atoms with Gasteiger partial charge in [0.25, 0.3) is 0 Å². The molecule has 1 aliphatic heterocycles. The predicted molar refractivity (Wildman–Crippen MR) is 86.1 cm³/mol. The van der Waals surface area contributed by atoms with Gasteiger partial charge in [-0.05, 0) is 47.7 Å². The van der Waals surface area contributed by atoms with Crippen molar-refractivity contribution in [2.24, 2.45) is 5.73 Å². The van der Waals surface area contributed by atoms with Crippen LogP contribution in [0.25, 0.3) is 11.1 Å². The summed E-state index contributed by atoms with van der Waals surface area (Å²) in [5.41, 5.74) is 11.4. The lowest BCUT2D eigenvalue weighted by Crippen LogP contribution is -2.33. The number of carbonyl (C=O) groups excluding carboxylic acids is 1. The van der Waals surface area contributed by atoms with Gasteiger partial charge in [-0.3, -0.25) is 4.79 Å². The lowest BCUT2D eigenvalue weighted by Gasteiger charge is -2.20. The Bertz CT molecular complexity index is 676. The number of rotatable bonds is 2. The van der Waals surface area contributed by atoms with Crippen LogP contribution >= 0.6 is 0 Å². The van der Waals surface area contributed by atoms with Crippen LogP contribution in [0.2, 0.25) is 0 Å². The molecule has 0 saturated heterocycles. The van der Waals surface area contributed by atoms with Gasteiger partial charge in [-0.2, -0.15) is 0 Å². The molecule has 2 aromatic carbocycles. The van der Waals surface area contributed by atoms with Gasteiger partial charge in [0.1, 0.15) is 0 Å². The second-order valence-corrected chi connectivity index (χ2v) is 5.69. The van der Waals surface area contributed by atoms with Crippen molar-refractivity contribution >= 4 is 11.6 Å². The number of nitrogens with zero attached hydrogens (tertiary/aromatic N) is 1. The van der Waals surface area contributed by atoms with E-state index in [-0.39, 0.29) is 11.9 Å². The van der Waals surface area contributed by atoms with E-state index in [1.165, 1.54) is 16.7 Å². The summed E-state index contributed by atoms with van der Waals surface area (Å²) in [5.74, 6) is 0.112. The van der Waals surface area contributed by atoms with E-state index in [0.29, 0.717) is 6.54 Å². The van der Waals surface area contributed by atoms with Crippen LogP contribution in [-0.4, -0.2) is 11.9 Å². The maximum Gasteiger partial charge on any atom is 0.224 e. The van der Waals surface area contributed by atoms with Crippen LogP contribution < -0.4 is 10.6 Å². The topological polar surface area (TPSA) is 46.3 Å². The van der Waals surface area contributed by atoms with Gasteiger partial charge in [0, 0.05) is 25.2 Å². The maximum absolute atomic E-state index is 11.8. The quantitative estimate of drug-likeness (QED) is 0.918. The molecule has 3 nitrogen and oxygen atoms in total. The van der Waals surface area contributed by atoms with Crippen LogP contribution in [0.4, 0.5) is 5.69 Å². The fourth-order valence-electron chi connectivity index (χ4n) is 3.12. The van der Waals surface area contributed by atoms with Crippen molar-refractivity contribution in [3.8, 4) is 11.1 Å². The van der Waals surface area contributed by atoms with E-state index in [1.807, 2.05) is 4.90 Å². The number of hydrogen-bond donors (Lipinski definition) is 1. The lowest BCUT2D eigenvalue weighted by atomic mass is 10.00. The lowest BCUT2D eigenvalue weighted by molar-refractivity contribution is -0.116. The van der Waals surface area contributed by atoms with Crippen molar-refractivity contribution in [1.82, 2.24) is 0 Å². The highest BCUT2D eigenvalue weighted by molar-refractivity contribution is 5.95. The molecule has 21 heavy (non-hydrogen) atoms. The van der Waals surface area contributed by atoms with Crippen molar-refractivity contribution in [3.63, 3.8) is 0 Å². The smallest absolute Gasteiger partial charge is 0.224 e. The van der Waals surface area contributed by atoms with Crippen molar-refractivity contribution in [2.45, 2.75) is 32.9 Å². The number of hydrogen-bond acceptors (Lipinski definition) is 2. The largest absolute Gasteiger partial charge is 0.326 e. The first-order chi connectivity index (χ1) is 10.1. The summed E-state index contributed by atoms with van der Waals surface area (Å²) in [4.78, 5) is 13.6. The monoisotopic (exact) mass is 280 g/mol. The van der Waals surface area contributed by atoms with Crippen LogP contribution in [0.1, 0.15) is 25.0 Å². The first-order valence-corrected chi connectivity index (χ1v) is 7.32. The minimum absolute atomic E-state index is 0.112. The predicted octanol–water partition coefficient (Wildman–Crippen LogP) is 3.11. The standard InChI is InChI=1S/C18H20N2O/c1-12-9-17-10-16(7-8-18(17)20(12)13(2)21)15-5-3-14(11-19)4-6-15/h3-8,10,12H,9,11,19H2,1-2H3. The molecule has 0 saturated carbocycles. The fraction of sp³-hybridized carbons (Fsp3) is 0.278. The van der Waals surface area contributed by atoms with E-state index >= 15 is 0 Å². The van der Waals surface area contributed by atoms with Gasteiger partial charge in [-0.1, -0.05) is 30.3 Å². The molecule has 0 aromatic heterocycles. The van der Waals surface area contributed by atoms with Gasteiger partial charge < -0.3 is 10.6 Å². The highest BCUT2D eigenvalue weighted by Crippen LogP contribution is 2.35. The Kier molecular flexibility index (Phi) is 3.52. The number of nitrogens with two attached hydrogens (primary N) is 1. The summed E-state index contributed by atoms with van der Waals surface area (Å²) in [6.07, 6.45) is 0.920. The van der Waals surface area contributed by atoms with Crippen LogP contribution in [0.3, 0.4) is 0 Å². The van der Waals surface area contributed by atoms with E-state index in [9.17, 15) is 4.79 Å². The van der Waals surface area contributed by atoms with E-state index in [0.717, 1.165) is 17.7 Å². The first-order valence-electron chi connectivity index (χ1n) is 7.32. The average Bonchev–Trinajstić information content (AvgIpc) is 2.82. The molecule has 108 valence electrons. The van der Waals surface area contributed by atoms with Crippen LogP contribution in [0, 0.1) is 0 Å². The molecule has 2 aromatic rings. The number of anilines is 1. The van der Waals surface area contributed by atoms with Gasteiger partial charge in [-0.15, -0.1) is 0 Å². The number of benzene rings is 2. The third-order valence-corrected chi connectivity index (χ3v) is 4.16. The zero-order chi connectivity index (χ0) is 15.0. The van der Waals surface area contributed by atoms with Crippen molar-refractivity contribution < 1.29 is 4.79 Å². The van der Waals surface area contributed by atoms with Crippen LogP contribution in [0.15, 0.2) is 42.5 Å². The van der Waals surface area contributed by atoms with Crippen LogP contribution in [-0.2, 0) is 17.8 Å². The normalized spacial score (nSPS) is 16.9. The highest BCUT2D eigenvalue weighted by atomic mass is 16.2. The van der Waals surface area contributed by atoms with E-state index in [1.54, 1.807) is 6.92 Å². The third kappa shape index (κ3) is 2.45. The molecule has 1 atom stereocenters. The molecule has 0 spiro atoms. The Morgan fingerprint density at radius 1 is 1.19 bits per heavy atom. The molecule has 1 amide bonds. The summed E-state index contributed by atoms with van der Waals surface area (Å²) in [6.45, 7) is 4.29. The second-order valence-electron chi connectivity index (χ2n) is 5.69. The molecule has 0 bridgehead atoms. The maximum atomic E-state index is 11.8. The Balaban J connectivity index is 1.97. The van der Waals surface area contributed by atoms with Crippen LogP contribution in [0.5, 0.6) is 0 Å². The van der Waals surface area contributed by atoms with Gasteiger partial charge in [0.2, 0.25) is 5.91 Å². The first kappa shape index (κ1) is 13.8. The molecular formula is C18H20N2O. The molecule has 1 heterocycles. The average molecular weight is 280 g/mol. The Hall–Kier alpha value is -2.13. The molecule has 0 aliphatic carbocycles. The SMILES string of the molecule is CC(=O)N1c2ccc(-c3ccc(CN)cc3)cc2CC1C. The fourth-order valence-corrected chi connectivity index (χ4v) is 3.12. The summed E-state index contributed by atoms with van der Waals surface area (Å²) in [6, 6.07) is 14.9. The molecule has 1 aliphatic rings. The Morgan fingerprint density at radius 3 is 2.48 bits per heavy atom. The summed E-state index contributed by atoms with van der Waals surface area (Å²) >= 11 is 0. The van der Waals surface area contributed by atoms with Crippen molar-refractivity contribution in [1.29, 1.82) is 0 Å². The Morgan fingerprint density at radius 2 is 1.86 bits per heavy atom. The molecule has 3 rings (SSSR count). The van der Waals surface area contributed by atoms with Gasteiger partial charge >= 0.3 is 0 Å². The summed E-state index contributed by atoms with van der Waals surface area (Å²) < 4.78 is 0. The minimum Gasteiger partial charge on any atom is -0.326 e. The van der Waals surface area contributed by atoms with Gasteiger partial charge in [0.15, 0.2) is 0 Å². The number of fused-ring (bicyclic) bond motifs is 1.